The summed E-state index contributed by atoms with van der Waals surface area (Å²) >= 11 is 6.47. The minimum Gasteiger partial charge on any atom is -0.399 e. The SMILES string of the molecule is CCc1nn(C)c(CN2CCCc3cc(N)ccc32)c1Cl. The van der Waals surface area contributed by atoms with E-state index in [0.29, 0.717) is 0 Å². The molecule has 0 saturated heterocycles. The lowest BCUT2D eigenvalue weighted by Crippen LogP contribution is -2.29. The summed E-state index contributed by atoms with van der Waals surface area (Å²) in [6.07, 6.45) is 3.10. The number of aromatic nitrogens is 2. The van der Waals surface area contributed by atoms with Gasteiger partial charge in [0, 0.05) is 25.0 Å². The second kappa shape index (κ2) is 5.60. The standard InChI is InChI=1S/C16H21ClN4/c1-3-13-16(17)15(20(2)19-13)10-21-8-4-5-11-9-12(18)6-7-14(11)21/h6-7,9H,3-5,8,10,18H2,1-2H3. The van der Waals surface area contributed by atoms with Gasteiger partial charge in [-0.3, -0.25) is 4.68 Å². The first-order chi connectivity index (χ1) is 10.1. The highest BCUT2D eigenvalue weighted by atomic mass is 35.5. The second-order valence-electron chi connectivity index (χ2n) is 5.60. The molecule has 2 N–H and O–H groups in total. The number of fused-ring (bicyclic) bond motifs is 1. The minimum absolute atomic E-state index is 0.791. The number of nitrogens with zero attached hydrogens (tertiary/aromatic N) is 3. The van der Waals surface area contributed by atoms with E-state index in [-0.39, 0.29) is 0 Å². The first kappa shape index (κ1) is 14.3. The zero-order valence-electron chi connectivity index (χ0n) is 12.6. The molecule has 0 amide bonds. The van der Waals surface area contributed by atoms with Gasteiger partial charge in [-0.05, 0) is 43.0 Å². The Balaban J connectivity index is 1.92. The van der Waals surface area contributed by atoms with E-state index in [1.165, 1.54) is 11.3 Å². The third-order valence-electron chi connectivity index (χ3n) is 4.16. The quantitative estimate of drug-likeness (QED) is 0.886. The highest BCUT2D eigenvalue weighted by molar-refractivity contribution is 6.31. The van der Waals surface area contributed by atoms with E-state index in [0.717, 1.165) is 54.4 Å². The van der Waals surface area contributed by atoms with Crippen molar-refractivity contribution in [1.82, 2.24) is 9.78 Å². The Morgan fingerprint density at radius 2 is 2.19 bits per heavy atom. The molecule has 2 aromatic rings. The highest BCUT2D eigenvalue weighted by Gasteiger charge is 2.21. The first-order valence-corrected chi connectivity index (χ1v) is 7.81. The molecule has 1 aromatic carbocycles. The molecule has 0 aliphatic carbocycles. The van der Waals surface area contributed by atoms with Crippen molar-refractivity contribution in [2.75, 3.05) is 17.2 Å². The first-order valence-electron chi connectivity index (χ1n) is 7.43. The van der Waals surface area contributed by atoms with Crippen LogP contribution in [0.1, 0.15) is 30.3 Å². The topological polar surface area (TPSA) is 47.1 Å². The van der Waals surface area contributed by atoms with Gasteiger partial charge in [0.05, 0.1) is 23.0 Å². The van der Waals surface area contributed by atoms with Gasteiger partial charge in [-0.1, -0.05) is 18.5 Å². The molecule has 0 fully saturated rings. The van der Waals surface area contributed by atoms with E-state index in [2.05, 4.69) is 29.1 Å². The van der Waals surface area contributed by atoms with Crippen LogP contribution in [-0.2, 0) is 26.4 Å². The second-order valence-corrected chi connectivity index (χ2v) is 5.98. The fraction of sp³-hybridized carbons (Fsp3) is 0.438. The molecular weight excluding hydrogens is 284 g/mol. The Morgan fingerprint density at radius 1 is 1.38 bits per heavy atom. The van der Waals surface area contributed by atoms with Crippen LogP contribution in [0.5, 0.6) is 0 Å². The Bertz CT molecular complexity index is 663. The number of benzene rings is 1. The summed E-state index contributed by atoms with van der Waals surface area (Å²) < 4.78 is 1.91. The molecule has 2 heterocycles. The summed E-state index contributed by atoms with van der Waals surface area (Å²) in [7, 11) is 1.97. The summed E-state index contributed by atoms with van der Waals surface area (Å²) in [5, 5.41) is 5.31. The number of rotatable bonds is 3. The zero-order chi connectivity index (χ0) is 15.0. The summed E-state index contributed by atoms with van der Waals surface area (Å²) in [6.45, 7) is 3.91. The van der Waals surface area contributed by atoms with Crippen LogP contribution in [0.15, 0.2) is 18.2 Å². The molecule has 0 unspecified atom stereocenters. The Morgan fingerprint density at radius 3 is 2.90 bits per heavy atom. The molecule has 4 nitrogen and oxygen atoms in total. The number of aryl methyl sites for hydroxylation is 3. The maximum atomic E-state index is 6.47. The third-order valence-corrected chi connectivity index (χ3v) is 4.60. The van der Waals surface area contributed by atoms with Crippen LogP contribution in [0.3, 0.4) is 0 Å². The van der Waals surface area contributed by atoms with E-state index >= 15 is 0 Å². The number of halogens is 1. The summed E-state index contributed by atoms with van der Waals surface area (Å²) in [5.74, 6) is 0. The van der Waals surface area contributed by atoms with Gasteiger partial charge in [0.1, 0.15) is 0 Å². The van der Waals surface area contributed by atoms with Crippen LogP contribution in [0, 0.1) is 0 Å². The smallest absolute Gasteiger partial charge is 0.0868 e. The van der Waals surface area contributed by atoms with Crippen molar-refractivity contribution in [3.63, 3.8) is 0 Å². The molecule has 112 valence electrons. The van der Waals surface area contributed by atoms with E-state index in [4.69, 9.17) is 17.3 Å². The molecule has 0 bridgehead atoms. The van der Waals surface area contributed by atoms with Crippen molar-refractivity contribution in [3.05, 3.63) is 40.2 Å². The lowest BCUT2D eigenvalue weighted by atomic mass is 10.0. The molecule has 3 rings (SSSR count). The number of nitrogens with two attached hydrogens (primary N) is 1. The van der Waals surface area contributed by atoms with Gasteiger partial charge in [0.25, 0.3) is 0 Å². The molecule has 0 spiro atoms. The van der Waals surface area contributed by atoms with Gasteiger partial charge in [0.2, 0.25) is 0 Å². The van der Waals surface area contributed by atoms with Crippen LogP contribution < -0.4 is 10.6 Å². The van der Waals surface area contributed by atoms with Gasteiger partial charge in [-0.25, -0.2) is 0 Å². The van der Waals surface area contributed by atoms with Crippen LogP contribution >= 0.6 is 11.6 Å². The third kappa shape index (κ3) is 2.60. The molecule has 0 radical (unpaired) electrons. The lowest BCUT2D eigenvalue weighted by Gasteiger charge is -2.31. The van der Waals surface area contributed by atoms with Crippen molar-refractivity contribution < 1.29 is 0 Å². The van der Waals surface area contributed by atoms with Gasteiger partial charge < -0.3 is 10.6 Å². The van der Waals surface area contributed by atoms with Crippen LogP contribution in [0.4, 0.5) is 11.4 Å². The van der Waals surface area contributed by atoms with E-state index in [1.54, 1.807) is 0 Å². The normalized spacial score (nSPS) is 14.3. The molecule has 0 saturated carbocycles. The van der Waals surface area contributed by atoms with E-state index in [9.17, 15) is 0 Å². The molecule has 21 heavy (non-hydrogen) atoms. The largest absolute Gasteiger partial charge is 0.399 e. The monoisotopic (exact) mass is 304 g/mol. The summed E-state index contributed by atoms with van der Waals surface area (Å²) in [4.78, 5) is 2.38. The molecule has 1 aromatic heterocycles. The average molecular weight is 305 g/mol. The zero-order valence-corrected chi connectivity index (χ0v) is 13.3. The van der Waals surface area contributed by atoms with E-state index in [1.807, 2.05) is 17.8 Å². The predicted octanol–water partition coefficient (Wildman–Crippen LogP) is 3.17. The summed E-state index contributed by atoms with van der Waals surface area (Å²) in [6, 6.07) is 6.18. The maximum Gasteiger partial charge on any atom is 0.0868 e. The van der Waals surface area contributed by atoms with Crippen molar-refractivity contribution in [2.45, 2.75) is 32.7 Å². The highest BCUT2D eigenvalue weighted by Crippen LogP contribution is 2.31. The van der Waals surface area contributed by atoms with Gasteiger partial charge in [-0.2, -0.15) is 5.10 Å². The average Bonchev–Trinajstić information content (AvgIpc) is 2.74. The van der Waals surface area contributed by atoms with Crippen LogP contribution in [-0.4, -0.2) is 16.3 Å². The Kier molecular flexibility index (Phi) is 3.81. The molecular formula is C16H21ClN4. The predicted molar refractivity (Wildman–Crippen MR) is 87.8 cm³/mol. The van der Waals surface area contributed by atoms with Crippen molar-refractivity contribution in [2.24, 2.45) is 7.05 Å². The molecule has 1 aliphatic heterocycles. The number of anilines is 2. The fourth-order valence-electron chi connectivity index (χ4n) is 3.03. The lowest BCUT2D eigenvalue weighted by molar-refractivity contribution is 0.642. The van der Waals surface area contributed by atoms with Crippen molar-refractivity contribution >= 4 is 23.0 Å². The number of hydrogen-bond donors (Lipinski definition) is 1. The molecule has 5 heteroatoms. The summed E-state index contributed by atoms with van der Waals surface area (Å²) in [5.41, 5.74) is 11.4. The van der Waals surface area contributed by atoms with Gasteiger partial charge in [-0.15, -0.1) is 0 Å². The van der Waals surface area contributed by atoms with Crippen LogP contribution in [0.25, 0.3) is 0 Å². The van der Waals surface area contributed by atoms with Crippen molar-refractivity contribution in [3.8, 4) is 0 Å². The van der Waals surface area contributed by atoms with Crippen molar-refractivity contribution in [1.29, 1.82) is 0 Å². The molecule has 0 atom stereocenters. The Hall–Kier alpha value is -1.68. The number of nitrogen functional groups attached to an aromatic ring is 1. The van der Waals surface area contributed by atoms with Gasteiger partial charge in [0.15, 0.2) is 0 Å². The maximum absolute atomic E-state index is 6.47. The van der Waals surface area contributed by atoms with Crippen LogP contribution in [0.2, 0.25) is 5.02 Å². The molecule has 1 aliphatic rings. The Labute approximate surface area is 130 Å². The van der Waals surface area contributed by atoms with E-state index < -0.39 is 0 Å². The van der Waals surface area contributed by atoms with Gasteiger partial charge >= 0.3 is 0 Å². The fourth-order valence-corrected chi connectivity index (χ4v) is 3.39. The number of hydrogen-bond acceptors (Lipinski definition) is 3. The minimum atomic E-state index is 0.791.